The SMILES string of the molecule is O=C(O)c1cc2c(s1)-c1ccccc1CS2(=O)=O. The molecule has 1 aliphatic heterocycles. The van der Waals surface area contributed by atoms with Gasteiger partial charge in [-0.25, -0.2) is 13.2 Å². The summed E-state index contributed by atoms with van der Waals surface area (Å²) in [6, 6.07) is 8.44. The highest BCUT2D eigenvalue weighted by molar-refractivity contribution is 7.91. The number of hydrogen-bond acceptors (Lipinski definition) is 4. The van der Waals surface area contributed by atoms with E-state index in [-0.39, 0.29) is 15.5 Å². The number of thiophene rings is 1. The molecule has 3 rings (SSSR count). The first-order valence-corrected chi connectivity index (χ1v) is 7.64. The Kier molecular flexibility index (Phi) is 2.33. The van der Waals surface area contributed by atoms with Crippen molar-refractivity contribution < 1.29 is 18.3 Å². The van der Waals surface area contributed by atoms with Gasteiger partial charge in [0.25, 0.3) is 0 Å². The lowest BCUT2D eigenvalue weighted by Gasteiger charge is -2.15. The van der Waals surface area contributed by atoms with Crippen LogP contribution in [0.15, 0.2) is 35.2 Å². The van der Waals surface area contributed by atoms with Gasteiger partial charge in [0.15, 0.2) is 9.84 Å². The lowest BCUT2D eigenvalue weighted by atomic mass is 10.1. The van der Waals surface area contributed by atoms with E-state index >= 15 is 0 Å². The first kappa shape index (κ1) is 11.4. The molecular formula is C12H8O4S2. The highest BCUT2D eigenvalue weighted by Gasteiger charge is 2.31. The molecule has 0 bridgehead atoms. The number of benzene rings is 1. The zero-order chi connectivity index (χ0) is 12.9. The third-order valence-corrected chi connectivity index (χ3v) is 5.82. The summed E-state index contributed by atoms with van der Waals surface area (Å²) in [5.74, 6) is -1.16. The van der Waals surface area contributed by atoms with Crippen molar-refractivity contribution in [3.63, 3.8) is 0 Å². The summed E-state index contributed by atoms with van der Waals surface area (Å²) in [6.45, 7) is 0. The van der Waals surface area contributed by atoms with Gasteiger partial charge in [-0.15, -0.1) is 11.3 Å². The van der Waals surface area contributed by atoms with Gasteiger partial charge in [0.05, 0.1) is 15.5 Å². The maximum Gasteiger partial charge on any atom is 0.345 e. The van der Waals surface area contributed by atoms with Crippen LogP contribution in [0.4, 0.5) is 0 Å². The van der Waals surface area contributed by atoms with Crippen molar-refractivity contribution >= 4 is 27.1 Å². The van der Waals surface area contributed by atoms with E-state index in [1.807, 2.05) is 12.1 Å². The van der Waals surface area contributed by atoms with Crippen LogP contribution in [0, 0.1) is 0 Å². The Hall–Kier alpha value is -1.66. The molecule has 0 aliphatic carbocycles. The molecule has 0 fully saturated rings. The molecule has 1 aromatic heterocycles. The lowest BCUT2D eigenvalue weighted by molar-refractivity contribution is 0.0702. The van der Waals surface area contributed by atoms with Crippen LogP contribution in [-0.2, 0) is 15.6 Å². The number of carboxylic acid groups (broad SMARTS) is 1. The van der Waals surface area contributed by atoms with Gasteiger partial charge in [0.2, 0.25) is 0 Å². The number of aromatic carboxylic acids is 1. The smallest absolute Gasteiger partial charge is 0.345 e. The van der Waals surface area contributed by atoms with Crippen LogP contribution in [0.2, 0.25) is 0 Å². The number of hydrogen-bond donors (Lipinski definition) is 1. The van der Waals surface area contributed by atoms with Crippen molar-refractivity contribution in [1.82, 2.24) is 0 Å². The van der Waals surface area contributed by atoms with Crippen LogP contribution in [-0.4, -0.2) is 19.5 Å². The van der Waals surface area contributed by atoms with Gasteiger partial charge in [0.1, 0.15) is 4.88 Å². The van der Waals surface area contributed by atoms with Crippen molar-refractivity contribution in [2.24, 2.45) is 0 Å². The zero-order valence-electron chi connectivity index (χ0n) is 9.08. The fourth-order valence-electron chi connectivity index (χ4n) is 2.05. The first-order chi connectivity index (χ1) is 8.49. The highest BCUT2D eigenvalue weighted by Crippen LogP contribution is 2.43. The number of rotatable bonds is 1. The number of carboxylic acids is 1. The molecule has 4 nitrogen and oxygen atoms in total. The lowest BCUT2D eigenvalue weighted by Crippen LogP contribution is -2.10. The molecule has 0 radical (unpaired) electrons. The molecule has 92 valence electrons. The van der Waals surface area contributed by atoms with Crippen LogP contribution >= 0.6 is 11.3 Å². The first-order valence-electron chi connectivity index (χ1n) is 5.17. The van der Waals surface area contributed by atoms with Crippen LogP contribution < -0.4 is 0 Å². The van der Waals surface area contributed by atoms with E-state index in [1.165, 1.54) is 6.07 Å². The van der Waals surface area contributed by atoms with E-state index in [2.05, 4.69) is 0 Å². The number of carbonyl (C=O) groups is 1. The Labute approximate surface area is 107 Å². The Morgan fingerprint density at radius 1 is 1.28 bits per heavy atom. The molecule has 0 saturated carbocycles. The summed E-state index contributed by atoms with van der Waals surface area (Å²) in [5.41, 5.74) is 1.55. The second-order valence-corrected chi connectivity index (χ2v) is 7.04. The standard InChI is InChI=1S/C12H8O4S2/c13-12(14)9-5-10-11(17-9)8-4-2-1-3-7(8)6-18(10,15)16/h1-5H,6H2,(H,13,14). The maximum atomic E-state index is 12.1. The Bertz CT molecular complexity index is 756. The van der Waals surface area contributed by atoms with Gasteiger partial charge in [-0.2, -0.15) is 0 Å². The largest absolute Gasteiger partial charge is 0.477 e. The van der Waals surface area contributed by atoms with Crippen LogP contribution in [0.5, 0.6) is 0 Å². The summed E-state index contributed by atoms with van der Waals surface area (Å²) in [5, 5.41) is 8.97. The van der Waals surface area contributed by atoms with E-state index in [1.54, 1.807) is 12.1 Å². The van der Waals surface area contributed by atoms with E-state index in [0.29, 0.717) is 4.88 Å². The fraction of sp³-hybridized carbons (Fsp3) is 0.0833. The van der Waals surface area contributed by atoms with Gasteiger partial charge in [-0.3, -0.25) is 0 Å². The average molecular weight is 280 g/mol. The second kappa shape index (κ2) is 3.66. The third-order valence-electron chi connectivity index (χ3n) is 2.85. The molecule has 1 aliphatic rings. The van der Waals surface area contributed by atoms with Crippen molar-refractivity contribution in [3.8, 4) is 10.4 Å². The zero-order valence-corrected chi connectivity index (χ0v) is 10.7. The van der Waals surface area contributed by atoms with E-state index in [4.69, 9.17) is 5.11 Å². The van der Waals surface area contributed by atoms with E-state index in [9.17, 15) is 13.2 Å². The Morgan fingerprint density at radius 3 is 2.72 bits per heavy atom. The number of sulfone groups is 1. The third kappa shape index (κ3) is 1.57. The molecule has 1 N–H and O–H groups in total. The summed E-state index contributed by atoms with van der Waals surface area (Å²) in [6.07, 6.45) is 0. The van der Waals surface area contributed by atoms with E-state index < -0.39 is 15.8 Å². The molecule has 2 heterocycles. The molecule has 1 aromatic carbocycles. The second-order valence-electron chi connectivity index (χ2n) is 4.03. The fourth-order valence-corrected chi connectivity index (χ4v) is 5.09. The summed E-state index contributed by atoms with van der Waals surface area (Å²) < 4.78 is 24.2. The summed E-state index contributed by atoms with van der Waals surface area (Å²) in [7, 11) is -3.42. The molecular weight excluding hydrogens is 272 g/mol. The van der Waals surface area contributed by atoms with Gasteiger partial charge < -0.3 is 5.11 Å². The molecule has 0 spiro atoms. The minimum absolute atomic E-state index is 0.0558. The summed E-state index contributed by atoms with van der Waals surface area (Å²) >= 11 is 1.01. The molecule has 0 atom stereocenters. The predicted molar refractivity (Wildman–Crippen MR) is 67.6 cm³/mol. The molecule has 0 amide bonds. The average Bonchev–Trinajstić information content (AvgIpc) is 2.74. The Balaban J connectivity index is 2.36. The maximum absolute atomic E-state index is 12.1. The van der Waals surface area contributed by atoms with Crippen molar-refractivity contribution in [1.29, 1.82) is 0 Å². The number of fused-ring (bicyclic) bond motifs is 3. The van der Waals surface area contributed by atoms with Crippen molar-refractivity contribution in [3.05, 3.63) is 40.8 Å². The highest BCUT2D eigenvalue weighted by atomic mass is 32.2. The minimum atomic E-state index is -3.42. The molecule has 2 aromatic rings. The Morgan fingerprint density at radius 2 is 2.00 bits per heavy atom. The summed E-state index contributed by atoms with van der Waals surface area (Å²) in [4.78, 5) is 11.7. The van der Waals surface area contributed by atoms with Gasteiger partial charge in [-0.05, 0) is 17.2 Å². The molecule has 0 unspecified atom stereocenters. The molecule has 18 heavy (non-hydrogen) atoms. The van der Waals surface area contributed by atoms with Crippen LogP contribution in [0.25, 0.3) is 10.4 Å². The normalized spacial score (nSPS) is 15.8. The van der Waals surface area contributed by atoms with E-state index in [0.717, 1.165) is 22.5 Å². The topological polar surface area (TPSA) is 71.4 Å². The molecule has 6 heteroatoms. The minimum Gasteiger partial charge on any atom is -0.477 e. The monoisotopic (exact) mass is 280 g/mol. The van der Waals surface area contributed by atoms with Crippen molar-refractivity contribution in [2.45, 2.75) is 10.6 Å². The molecule has 0 saturated heterocycles. The van der Waals surface area contributed by atoms with Crippen molar-refractivity contribution in [2.75, 3.05) is 0 Å². The van der Waals surface area contributed by atoms with Gasteiger partial charge in [0, 0.05) is 0 Å². The van der Waals surface area contributed by atoms with Gasteiger partial charge >= 0.3 is 5.97 Å². The predicted octanol–water partition coefficient (Wildman–Crippen LogP) is 2.40. The van der Waals surface area contributed by atoms with Crippen LogP contribution in [0.3, 0.4) is 0 Å². The quantitative estimate of drug-likeness (QED) is 0.870. The van der Waals surface area contributed by atoms with Crippen LogP contribution in [0.1, 0.15) is 15.2 Å². The van der Waals surface area contributed by atoms with Gasteiger partial charge in [-0.1, -0.05) is 24.3 Å².